The third kappa shape index (κ3) is 9.78. The quantitative estimate of drug-likeness (QED) is 0.0515. The van der Waals surface area contributed by atoms with Gasteiger partial charge >= 0.3 is 17.9 Å². The fourth-order valence-electron chi connectivity index (χ4n) is 6.17. The topological polar surface area (TPSA) is 385 Å². The summed E-state index contributed by atoms with van der Waals surface area (Å²) >= 11 is 0. The van der Waals surface area contributed by atoms with Gasteiger partial charge in [-0.2, -0.15) is 4.98 Å². The lowest BCUT2D eigenvalue weighted by Gasteiger charge is -2.38. The number of nitrogens with two attached hydrogens (primary N) is 3. The van der Waals surface area contributed by atoms with Gasteiger partial charge in [0.15, 0.2) is 28.9 Å². The number of H-pyrrole nitrogens is 1. The first kappa shape index (κ1) is 42.1. The zero-order chi connectivity index (χ0) is 42.6. The van der Waals surface area contributed by atoms with E-state index in [1.54, 1.807) is 18.4 Å². The van der Waals surface area contributed by atoms with Gasteiger partial charge in [-0.25, -0.2) is 29.7 Å². The first-order valence-electron chi connectivity index (χ1n) is 17.8. The number of nitrogens with zero attached hydrogens (tertiary/aromatic N) is 7. The van der Waals surface area contributed by atoms with Crippen molar-refractivity contribution in [2.45, 2.75) is 62.4 Å². The number of imidazole rings is 1. The van der Waals surface area contributed by atoms with Crippen LogP contribution in [0.4, 0.5) is 17.5 Å². The summed E-state index contributed by atoms with van der Waals surface area (Å²) < 4.78 is 13.3. The van der Waals surface area contributed by atoms with Crippen LogP contribution in [-0.4, -0.2) is 132 Å². The number of carbonyl (C=O) groups is 4. The third-order valence-corrected chi connectivity index (χ3v) is 12.1. The van der Waals surface area contributed by atoms with Crippen molar-refractivity contribution < 1.29 is 48.5 Å². The number of rotatable bonds is 17. The standard InChI is InChI=1S/C34H41N13O11S/c1-59(9-8-18(35)32(53)54,12-20-24(49)25(50)31(57-20)47-14-42-22-26(36)40-13-41-28(22)47)58-21(48)7-6-19(33(55)56)44-29(51)15-2-4-16(5-3-15)38-10-17-11-39-27-23(43-17)30(52)46-34(37)45-27/h2-5,11,13-14,18-20,24-25,31,38,49-50H,6-10,12,35H2,1H3,(H,44,51)(H,53,54)(H,55,56)(H2,36,40,41)(H3,37,39,45,46,52). The molecule has 0 radical (unpaired) electrons. The van der Waals surface area contributed by atoms with Gasteiger partial charge in [0, 0.05) is 29.2 Å². The number of carboxylic acids is 2. The van der Waals surface area contributed by atoms with E-state index in [-0.39, 0.29) is 70.5 Å². The highest BCUT2D eigenvalue weighted by Crippen LogP contribution is 2.50. The third-order valence-electron chi connectivity index (χ3n) is 9.33. The largest absolute Gasteiger partial charge is 0.480 e. The lowest BCUT2D eigenvalue weighted by Crippen LogP contribution is -2.41. The minimum Gasteiger partial charge on any atom is -0.480 e. The number of ether oxygens (including phenoxy) is 1. The number of fused-ring (bicyclic) bond motifs is 2. The number of aromatic amines is 1. The maximum Gasteiger partial charge on any atom is 0.326 e. The van der Waals surface area contributed by atoms with Gasteiger partial charge in [0.2, 0.25) is 5.95 Å². The number of nitrogens with one attached hydrogen (secondary N) is 3. The molecule has 25 heteroatoms. The van der Waals surface area contributed by atoms with Crippen LogP contribution in [-0.2, 0) is 29.8 Å². The number of carbonyl (C=O) groups excluding carboxylic acids is 2. The molecule has 5 heterocycles. The lowest BCUT2D eigenvalue weighted by molar-refractivity contribution is -0.140. The van der Waals surface area contributed by atoms with Crippen molar-refractivity contribution in [3.8, 4) is 0 Å². The Hall–Kier alpha value is -6.54. The van der Waals surface area contributed by atoms with Crippen LogP contribution in [0.1, 0.15) is 41.5 Å². The van der Waals surface area contributed by atoms with Crippen LogP contribution >= 0.6 is 10.3 Å². The number of aliphatic hydroxyl groups is 2. The average Bonchev–Trinajstić information content (AvgIpc) is 3.74. The Morgan fingerprint density at radius 1 is 1.00 bits per heavy atom. The van der Waals surface area contributed by atoms with Crippen molar-refractivity contribution in [1.82, 2.24) is 44.8 Å². The number of nitrogen functional groups attached to an aromatic ring is 2. The minimum absolute atomic E-state index is 0.0132. The summed E-state index contributed by atoms with van der Waals surface area (Å²) in [4.78, 5) is 89.0. The molecule has 0 aliphatic carbocycles. The van der Waals surface area contributed by atoms with Gasteiger partial charge in [-0.1, -0.05) is 10.3 Å². The molecule has 13 N–H and O–H groups in total. The summed E-state index contributed by atoms with van der Waals surface area (Å²) in [6.45, 7) is 0.161. The zero-order valence-electron chi connectivity index (χ0n) is 31.2. The van der Waals surface area contributed by atoms with Crippen molar-refractivity contribution >= 4 is 73.9 Å². The van der Waals surface area contributed by atoms with Gasteiger partial charge < -0.3 is 57.2 Å². The minimum atomic E-state index is -2.65. The molecule has 5 aromatic rings. The van der Waals surface area contributed by atoms with E-state index >= 15 is 0 Å². The molecule has 1 amide bonds. The molecule has 6 rings (SSSR count). The molecule has 1 aromatic carbocycles. The van der Waals surface area contributed by atoms with Gasteiger partial charge in [-0.05, 0) is 43.4 Å². The number of aliphatic carboxylic acids is 2. The van der Waals surface area contributed by atoms with Crippen LogP contribution in [0.2, 0.25) is 0 Å². The van der Waals surface area contributed by atoms with Crippen LogP contribution in [0.15, 0.2) is 47.9 Å². The Labute approximate surface area is 334 Å². The molecule has 1 aliphatic rings. The summed E-state index contributed by atoms with van der Waals surface area (Å²) in [7, 11) is -2.65. The molecule has 7 atom stereocenters. The summed E-state index contributed by atoms with van der Waals surface area (Å²) in [5, 5.41) is 46.7. The predicted molar refractivity (Wildman–Crippen MR) is 209 cm³/mol. The second-order valence-corrected chi connectivity index (χ2v) is 17.0. The molecule has 1 saturated heterocycles. The molecule has 4 aromatic heterocycles. The molecule has 0 saturated carbocycles. The molecule has 59 heavy (non-hydrogen) atoms. The van der Waals surface area contributed by atoms with Crippen molar-refractivity contribution in [3.05, 3.63) is 64.7 Å². The summed E-state index contributed by atoms with van der Waals surface area (Å²) in [6.07, 6.45) is -0.760. The fraction of sp³-hybridized carbons (Fsp3) is 0.382. The lowest BCUT2D eigenvalue weighted by atomic mass is 10.1. The Bertz CT molecular complexity index is 2430. The highest BCUT2D eigenvalue weighted by molar-refractivity contribution is 8.29. The second-order valence-electron chi connectivity index (χ2n) is 13.7. The van der Waals surface area contributed by atoms with Crippen molar-refractivity contribution in [2.24, 2.45) is 5.73 Å². The Morgan fingerprint density at radius 2 is 1.75 bits per heavy atom. The number of benzene rings is 1. The van der Waals surface area contributed by atoms with Crippen LogP contribution in [0.5, 0.6) is 0 Å². The van der Waals surface area contributed by atoms with Crippen molar-refractivity contribution in [3.63, 3.8) is 0 Å². The molecular weight excluding hydrogens is 799 g/mol. The Balaban J connectivity index is 1.06. The van der Waals surface area contributed by atoms with E-state index < -0.39 is 82.7 Å². The number of hydrogen-bond donors (Lipinski definition) is 10. The summed E-state index contributed by atoms with van der Waals surface area (Å²) in [5.41, 5.74) is 18.3. The molecule has 1 aliphatic heterocycles. The van der Waals surface area contributed by atoms with Gasteiger partial charge in [0.1, 0.15) is 36.1 Å². The average molecular weight is 840 g/mol. The first-order valence-corrected chi connectivity index (χ1v) is 20.1. The predicted octanol–water partition coefficient (Wildman–Crippen LogP) is -1.39. The maximum atomic E-state index is 13.3. The molecule has 0 bridgehead atoms. The Morgan fingerprint density at radius 3 is 2.46 bits per heavy atom. The van der Waals surface area contributed by atoms with E-state index in [1.807, 2.05) is 0 Å². The fourth-order valence-corrected chi connectivity index (χ4v) is 8.75. The Kier molecular flexibility index (Phi) is 12.5. The van der Waals surface area contributed by atoms with Crippen LogP contribution in [0.3, 0.4) is 0 Å². The number of aliphatic hydroxyl groups excluding tert-OH is 2. The highest BCUT2D eigenvalue weighted by Gasteiger charge is 2.47. The van der Waals surface area contributed by atoms with Gasteiger partial charge in [-0.3, -0.25) is 28.7 Å². The smallest absolute Gasteiger partial charge is 0.326 e. The summed E-state index contributed by atoms with van der Waals surface area (Å²) in [6, 6.07) is 3.22. The molecule has 0 spiro atoms. The normalized spacial score (nSPS) is 20.3. The highest BCUT2D eigenvalue weighted by atomic mass is 32.3. The summed E-state index contributed by atoms with van der Waals surface area (Å²) in [5.74, 6) is -4.49. The van der Waals surface area contributed by atoms with Crippen LogP contribution in [0, 0.1) is 0 Å². The van der Waals surface area contributed by atoms with Crippen molar-refractivity contribution in [2.75, 3.05) is 34.5 Å². The number of hydrogen-bond acceptors (Lipinski definition) is 19. The monoisotopic (exact) mass is 839 g/mol. The van der Waals surface area contributed by atoms with Gasteiger partial charge in [-0.15, -0.1) is 0 Å². The number of anilines is 3. The molecule has 314 valence electrons. The molecular formula is C34H41N13O11S. The van der Waals surface area contributed by atoms with E-state index in [0.29, 0.717) is 11.4 Å². The van der Waals surface area contributed by atoms with Gasteiger partial charge in [0.25, 0.3) is 11.5 Å². The number of aromatic nitrogens is 8. The van der Waals surface area contributed by atoms with Crippen LogP contribution in [0.25, 0.3) is 22.3 Å². The van der Waals surface area contributed by atoms with Crippen molar-refractivity contribution in [1.29, 1.82) is 0 Å². The number of amides is 1. The maximum absolute atomic E-state index is 13.3. The molecule has 1 fully saturated rings. The number of carboxylic acid groups (broad SMARTS) is 2. The van der Waals surface area contributed by atoms with E-state index in [2.05, 4.69) is 45.5 Å². The van der Waals surface area contributed by atoms with Gasteiger partial charge in [0.05, 0.1) is 30.9 Å². The SMILES string of the molecule is CS(CCC(N)C(=O)O)(CC1OC(n2cnc3c(N)ncnc32)C(O)C1O)OC(=O)CCC(NC(=O)c1ccc(NCc2cnc3nc(N)[nH]c(=O)c3n2)cc1)C(=O)O. The molecule has 24 nitrogen and oxygen atoms in total. The van der Waals surface area contributed by atoms with E-state index in [4.69, 9.17) is 26.1 Å². The first-order chi connectivity index (χ1) is 28.0. The van der Waals surface area contributed by atoms with E-state index in [9.17, 15) is 44.4 Å². The second kappa shape index (κ2) is 17.5. The van der Waals surface area contributed by atoms with E-state index in [1.165, 1.54) is 35.6 Å². The molecule has 7 unspecified atom stereocenters. The zero-order valence-corrected chi connectivity index (χ0v) is 32.0. The van der Waals surface area contributed by atoms with Crippen LogP contribution < -0.4 is 33.4 Å². The van der Waals surface area contributed by atoms with E-state index in [0.717, 1.165) is 0 Å².